The third kappa shape index (κ3) is 3.50. The van der Waals surface area contributed by atoms with Gasteiger partial charge >= 0.3 is 12.1 Å². The van der Waals surface area contributed by atoms with Gasteiger partial charge in [-0.1, -0.05) is 12.1 Å². The highest BCUT2D eigenvalue weighted by atomic mass is 19.4. The summed E-state index contributed by atoms with van der Waals surface area (Å²) < 4.78 is 42.0. The predicted molar refractivity (Wildman–Crippen MR) is 66.8 cm³/mol. The monoisotopic (exact) mass is 287 g/mol. The number of ether oxygens (including phenoxy) is 1. The van der Waals surface area contributed by atoms with Crippen LogP contribution in [-0.2, 0) is 22.3 Å². The second-order valence-electron chi connectivity index (χ2n) is 4.94. The zero-order valence-corrected chi connectivity index (χ0v) is 11.1. The zero-order valence-electron chi connectivity index (χ0n) is 11.1. The Morgan fingerprint density at radius 3 is 2.55 bits per heavy atom. The van der Waals surface area contributed by atoms with E-state index in [4.69, 9.17) is 4.74 Å². The lowest BCUT2D eigenvalue weighted by atomic mass is 10.1. The second kappa shape index (κ2) is 5.83. The molecule has 1 aliphatic rings. The van der Waals surface area contributed by atoms with E-state index >= 15 is 0 Å². The average molecular weight is 287 g/mol. The molecule has 0 aromatic heterocycles. The number of nitrogens with zero attached hydrogens (tertiary/aromatic N) is 1. The van der Waals surface area contributed by atoms with E-state index in [1.54, 1.807) is 0 Å². The summed E-state index contributed by atoms with van der Waals surface area (Å²) in [5.41, 5.74) is 0.165. The van der Waals surface area contributed by atoms with Crippen LogP contribution in [0.3, 0.4) is 0 Å². The second-order valence-corrected chi connectivity index (χ2v) is 4.94. The molecule has 110 valence electrons. The summed E-state index contributed by atoms with van der Waals surface area (Å²) in [6, 6.07) is 5.13. The van der Waals surface area contributed by atoms with E-state index in [2.05, 4.69) is 0 Å². The first-order chi connectivity index (χ1) is 9.40. The van der Waals surface area contributed by atoms with Crippen molar-refractivity contribution in [1.82, 2.24) is 4.90 Å². The van der Waals surface area contributed by atoms with E-state index in [9.17, 15) is 18.0 Å². The molecule has 1 heterocycles. The highest BCUT2D eigenvalue weighted by Gasteiger charge is 2.31. The summed E-state index contributed by atoms with van der Waals surface area (Å²) in [6.07, 6.45) is -3.57. The van der Waals surface area contributed by atoms with Crippen molar-refractivity contribution in [2.75, 3.05) is 20.2 Å². The van der Waals surface area contributed by atoms with Crippen LogP contribution in [-0.4, -0.2) is 31.1 Å². The number of methoxy groups -OCH3 is 1. The first-order valence-electron chi connectivity index (χ1n) is 6.36. The highest BCUT2D eigenvalue weighted by Crippen LogP contribution is 2.29. The molecule has 6 heteroatoms. The van der Waals surface area contributed by atoms with Crippen molar-refractivity contribution >= 4 is 5.97 Å². The molecular weight excluding hydrogens is 271 g/mol. The quantitative estimate of drug-likeness (QED) is 0.801. The lowest BCUT2D eigenvalue weighted by Crippen LogP contribution is -2.23. The van der Waals surface area contributed by atoms with Gasteiger partial charge in [0.25, 0.3) is 0 Å². The fourth-order valence-corrected chi connectivity index (χ4v) is 2.39. The first kappa shape index (κ1) is 14.8. The Morgan fingerprint density at radius 2 is 2.00 bits per heavy atom. The van der Waals surface area contributed by atoms with Crippen LogP contribution >= 0.6 is 0 Å². The van der Waals surface area contributed by atoms with Crippen molar-refractivity contribution in [2.24, 2.45) is 5.92 Å². The Kier molecular flexibility index (Phi) is 4.32. The normalized spacial score (nSPS) is 20.1. The Morgan fingerprint density at radius 1 is 1.35 bits per heavy atom. The molecule has 1 aromatic carbocycles. The van der Waals surface area contributed by atoms with Crippen molar-refractivity contribution in [3.63, 3.8) is 0 Å². The van der Waals surface area contributed by atoms with Crippen LogP contribution in [0.1, 0.15) is 17.5 Å². The predicted octanol–water partition coefficient (Wildman–Crippen LogP) is 2.70. The van der Waals surface area contributed by atoms with Gasteiger partial charge in [0.1, 0.15) is 0 Å². The Hall–Kier alpha value is -1.56. The van der Waals surface area contributed by atoms with Gasteiger partial charge in [-0.25, -0.2) is 0 Å². The molecule has 0 amide bonds. The molecule has 0 saturated carbocycles. The molecule has 2 rings (SSSR count). The minimum Gasteiger partial charge on any atom is -0.469 e. The maximum atomic E-state index is 12.4. The topological polar surface area (TPSA) is 29.5 Å². The molecular formula is C14H16F3NO2. The zero-order chi connectivity index (χ0) is 14.8. The van der Waals surface area contributed by atoms with Crippen LogP contribution < -0.4 is 0 Å². The molecule has 0 bridgehead atoms. The fourth-order valence-electron chi connectivity index (χ4n) is 2.39. The first-order valence-corrected chi connectivity index (χ1v) is 6.36. The van der Waals surface area contributed by atoms with E-state index in [1.165, 1.54) is 19.2 Å². The van der Waals surface area contributed by atoms with Crippen LogP contribution in [0.2, 0.25) is 0 Å². The molecule has 0 N–H and O–H groups in total. The van der Waals surface area contributed by atoms with Crippen LogP contribution in [0.4, 0.5) is 13.2 Å². The molecule has 20 heavy (non-hydrogen) atoms. The lowest BCUT2D eigenvalue weighted by molar-refractivity contribution is -0.145. The van der Waals surface area contributed by atoms with Crippen molar-refractivity contribution in [2.45, 2.75) is 19.1 Å². The van der Waals surface area contributed by atoms with Crippen LogP contribution in [0, 0.1) is 5.92 Å². The molecule has 1 saturated heterocycles. The molecule has 1 aromatic rings. The summed E-state index contributed by atoms with van der Waals surface area (Å²) in [4.78, 5) is 13.4. The van der Waals surface area contributed by atoms with Gasteiger partial charge in [0.05, 0.1) is 18.6 Å². The van der Waals surface area contributed by atoms with Gasteiger partial charge in [-0.15, -0.1) is 0 Å². The van der Waals surface area contributed by atoms with Gasteiger partial charge < -0.3 is 4.74 Å². The van der Waals surface area contributed by atoms with Gasteiger partial charge in [0.2, 0.25) is 0 Å². The molecule has 0 radical (unpaired) electrons. The molecule has 1 unspecified atom stereocenters. The summed E-state index contributed by atoms with van der Waals surface area (Å²) in [5, 5.41) is 0. The number of hydrogen-bond acceptors (Lipinski definition) is 3. The fraction of sp³-hybridized carbons (Fsp3) is 0.500. The summed E-state index contributed by atoms with van der Waals surface area (Å²) >= 11 is 0. The van der Waals surface area contributed by atoms with Gasteiger partial charge in [-0.05, 0) is 30.7 Å². The third-order valence-corrected chi connectivity index (χ3v) is 3.49. The van der Waals surface area contributed by atoms with Crippen LogP contribution in [0.15, 0.2) is 24.3 Å². The lowest BCUT2D eigenvalue weighted by Gasteiger charge is -2.16. The van der Waals surface area contributed by atoms with Gasteiger partial charge in [-0.3, -0.25) is 9.69 Å². The van der Waals surface area contributed by atoms with E-state index in [1.807, 2.05) is 4.90 Å². The minimum absolute atomic E-state index is 0.130. The van der Waals surface area contributed by atoms with Crippen LogP contribution in [0.25, 0.3) is 0 Å². The average Bonchev–Trinajstić information content (AvgIpc) is 2.86. The molecule has 0 spiro atoms. The van der Waals surface area contributed by atoms with Crippen molar-refractivity contribution < 1.29 is 22.7 Å². The maximum Gasteiger partial charge on any atom is 0.416 e. The van der Waals surface area contributed by atoms with Crippen LogP contribution in [0.5, 0.6) is 0 Å². The number of esters is 1. The largest absolute Gasteiger partial charge is 0.469 e. The third-order valence-electron chi connectivity index (χ3n) is 3.49. The number of rotatable bonds is 3. The Balaban J connectivity index is 1.93. The number of carbonyl (C=O) groups is 1. The van der Waals surface area contributed by atoms with Crippen molar-refractivity contribution in [3.05, 3.63) is 35.4 Å². The van der Waals surface area contributed by atoms with Gasteiger partial charge in [0.15, 0.2) is 0 Å². The summed E-state index contributed by atoms with van der Waals surface area (Å²) in [7, 11) is 1.36. The minimum atomic E-state index is -4.30. The molecule has 1 aliphatic heterocycles. The molecule has 1 atom stereocenters. The highest BCUT2D eigenvalue weighted by molar-refractivity contribution is 5.72. The number of alkyl halides is 3. The van der Waals surface area contributed by atoms with E-state index in [0.29, 0.717) is 13.1 Å². The number of hydrogen-bond donors (Lipinski definition) is 0. The maximum absolute atomic E-state index is 12.4. The molecule has 1 fully saturated rings. The van der Waals surface area contributed by atoms with Crippen molar-refractivity contribution in [1.29, 1.82) is 0 Å². The Labute approximate surface area is 115 Å². The summed E-state index contributed by atoms with van der Waals surface area (Å²) in [5.74, 6) is -0.352. The number of carbonyl (C=O) groups excluding carboxylic acids is 1. The Bertz CT molecular complexity index is 470. The molecule has 3 nitrogen and oxygen atoms in total. The van der Waals surface area contributed by atoms with Gasteiger partial charge in [-0.2, -0.15) is 13.2 Å². The smallest absolute Gasteiger partial charge is 0.416 e. The number of likely N-dealkylation sites (tertiary alicyclic amines) is 1. The van der Waals surface area contributed by atoms with E-state index in [-0.39, 0.29) is 11.9 Å². The molecule has 0 aliphatic carbocycles. The SMILES string of the molecule is COC(=O)C1CCN(Cc2ccc(C(F)(F)F)cc2)C1. The number of benzene rings is 1. The number of halogens is 3. The summed E-state index contributed by atoms with van der Waals surface area (Å²) in [6.45, 7) is 1.89. The van der Waals surface area contributed by atoms with Crippen molar-refractivity contribution in [3.8, 4) is 0 Å². The van der Waals surface area contributed by atoms with E-state index < -0.39 is 11.7 Å². The van der Waals surface area contributed by atoms with Gasteiger partial charge in [0, 0.05) is 13.1 Å². The standard InChI is InChI=1S/C14H16F3NO2/c1-20-13(19)11-6-7-18(9-11)8-10-2-4-12(5-3-10)14(15,16)17/h2-5,11H,6-9H2,1H3. The van der Waals surface area contributed by atoms with E-state index in [0.717, 1.165) is 30.7 Å².